The number of ketones is 2. The molecule has 1 fully saturated rings. The van der Waals surface area contributed by atoms with Gasteiger partial charge in [0.2, 0.25) is 11.8 Å². The lowest BCUT2D eigenvalue weighted by Crippen LogP contribution is -2.40. The first-order valence-corrected chi connectivity index (χ1v) is 11.7. The molecule has 0 aromatic heterocycles. The number of rotatable bonds is 4. The van der Waals surface area contributed by atoms with Gasteiger partial charge in [-0.2, -0.15) is 0 Å². The highest BCUT2D eigenvalue weighted by molar-refractivity contribution is 6.23. The minimum Gasteiger partial charge on any atom is -0.508 e. The Labute approximate surface area is 201 Å². The Morgan fingerprint density at radius 1 is 1.09 bits per heavy atom. The summed E-state index contributed by atoms with van der Waals surface area (Å²) in [4.78, 5) is 64.9. The monoisotopic (exact) mass is 475 g/mol. The molecule has 4 atom stereocenters. The molecule has 1 aliphatic heterocycles. The van der Waals surface area contributed by atoms with Crippen LogP contribution in [0.1, 0.15) is 43.2 Å². The van der Waals surface area contributed by atoms with Crippen LogP contribution in [-0.4, -0.2) is 51.0 Å². The van der Waals surface area contributed by atoms with Crippen molar-refractivity contribution in [1.29, 1.82) is 0 Å². The van der Waals surface area contributed by atoms with Crippen LogP contribution in [-0.2, 0) is 24.0 Å². The molecular formula is C27H25NO7. The summed E-state index contributed by atoms with van der Waals surface area (Å²) in [5.74, 6) is -4.60. The third kappa shape index (κ3) is 3.47. The van der Waals surface area contributed by atoms with Crippen molar-refractivity contribution in [3.05, 3.63) is 63.8 Å². The Hall–Kier alpha value is -3.81. The van der Waals surface area contributed by atoms with Crippen LogP contribution in [0, 0.1) is 24.7 Å². The Balaban J connectivity index is 1.63. The van der Waals surface area contributed by atoms with E-state index in [1.807, 2.05) is 6.08 Å². The van der Waals surface area contributed by atoms with Gasteiger partial charge in [-0.05, 0) is 55.9 Å². The molecule has 1 heterocycles. The van der Waals surface area contributed by atoms with E-state index in [0.717, 1.165) is 16.0 Å². The number of phenols is 1. The normalized spacial score (nSPS) is 27.9. The van der Waals surface area contributed by atoms with Crippen molar-refractivity contribution in [1.82, 2.24) is 4.90 Å². The number of phenolic OH excluding ortho intramolecular Hbond substituents is 1. The predicted octanol–water partition coefficient (Wildman–Crippen LogP) is 2.60. The van der Waals surface area contributed by atoms with E-state index in [1.165, 1.54) is 6.08 Å². The number of carboxylic acids is 1. The number of carboxylic acid groups (broad SMARTS) is 1. The molecule has 1 aromatic rings. The highest BCUT2D eigenvalue weighted by Crippen LogP contribution is 2.55. The number of amides is 2. The smallest absolute Gasteiger partial charge is 0.305 e. The largest absolute Gasteiger partial charge is 0.508 e. The summed E-state index contributed by atoms with van der Waals surface area (Å²) < 4.78 is 0. The van der Waals surface area contributed by atoms with Gasteiger partial charge in [0.1, 0.15) is 5.75 Å². The lowest BCUT2D eigenvalue weighted by molar-refractivity contribution is -0.142. The zero-order valence-electron chi connectivity index (χ0n) is 19.4. The maximum atomic E-state index is 13.4. The van der Waals surface area contributed by atoms with Crippen molar-refractivity contribution in [2.24, 2.45) is 17.8 Å². The van der Waals surface area contributed by atoms with Gasteiger partial charge in [0.15, 0.2) is 11.6 Å². The van der Waals surface area contributed by atoms with Crippen LogP contribution in [0.3, 0.4) is 0 Å². The molecule has 2 amide bonds. The molecule has 35 heavy (non-hydrogen) atoms. The van der Waals surface area contributed by atoms with E-state index in [1.54, 1.807) is 32.0 Å². The molecule has 3 aliphatic carbocycles. The highest BCUT2D eigenvalue weighted by Gasteiger charge is 2.56. The second kappa shape index (κ2) is 8.15. The summed E-state index contributed by atoms with van der Waals surface area (Å²) in [7, 11) is 0. The first kappa shape index (κ1) is 23.0. The van der Waals surface area contributed by atoms with E-state index >= 15 is 0 Å². The van der Waals surface area contributed by atoms with Crippen LogP contribution < -0.4 is 0 Å². The number of aryl methyl sites for hydroxylation is 1. The maximum absolute atomic E-state index is 13.4. The number of imide groups is 1. The van der Waals surface area contributed by atoms with Gasteiger partial charge in [-0.3, -0.25) is 28.9 Å². The van der Waals surface area contributed by atoms with E-state index in [0.29, 0.717) is 28.7 Å². The molecule has 1 aromatic carbocycles. The molecule has 8 heteroatoms. The summed E-state index contributed by atoms with van der Waals surface area (Å²) in [6.07, 6.45) is 3.42. The Morgan fingerprint density at radius 3 is 2.51 bits per heavy atom. The standard InChI is InChI=1S/C27H25NO7/c1-12-9-14(3-6-19(12)29)22-15-4-5-16-23(27(35)28(26(16)34)8-7-21(31)32)17(15)11-18-24(22)20(30)10-13(2)25(18)33/h3-4,6,9-10,16-17,22-23,29H,5,7-8,11H2,1-2H3,(H,31,32)/t16-,17+,22-,23-/m0/s1. The molecule has 0 bridgehead atoms. The zero-order chi connectivity index (χ0) is 25.2. The molecule has 4 aliphatic rings. The molecule has 8 nitrogen and oxygen atoms in total. The predicted molar refractivity (Wildman–Crippen MR) is 123 cm³/mol. The minimum atomic E-state index is -1.09. The molecule has 180 valence electrons. The number of aliphatic carboxylic acids is 1. The topological polar surface area (TPSA) is 129 Å². The number of benzene rings is 1. The number of carbonyl (C=O) groups excluding carboxylic acids is 4. The van der Waals surface area contributed by atoms with Gasteiger partial charge < -0.3 is 10.2 Å². The Morgan fingerprint density at radius 2 is 1.83 bits per heavy atom. The van der Waals surface area contributed by atoms with Crippen molar-refractivity contribution in [3.63, 3.8) is 0 Å². The zero-order valence-corrected chi connectivity index (χ0v) is 19.4. The van der Waals surface area contributed by atoms with Gasteiger partial charge in [-0.15, -0.1) is 0 Å². The molecule has 5 rings (SSSR count). The number of nitrogens with zero attached hydrogens (tertiary/aromatic N) is 1. The molecule has 0 spiro atoms. The second-order valence-corrected chi connectivity index (χ2v) is 9.75. The fraction of sp³-hybridized carbons (Fsp3) is 0.370. The molecule has 2 N–H and O–H groups in total. The van der Waals surface area contributed by atoms with E-state index in [9.17, 15) is 29.1 Å². The first-order valence-electron chi connectivity index (χ1n) is 11.7. The molecule has 0 unspecified atom stereocenters. The van der Waals surface area contributed by atoms with Crippen LogP contribution >= 0.6 is 0 Å². The van der Waals surface area contributed by atoms with E-state index in [4.69, 9.17) is 5.11 Å². The minimum absolute atomic E-state index is 0.112. The van der Waals surface area contributed by atoms with Gasteiger partial charge in [0.25, 0.3) is 0 Å². The van der Waals surface area contributed by atoms with Crippen LogP contribution in [0.2, 0.25) is 0 Å². The first-order chi connectivity index (χ1) is 16.6. The van der Waals surface area contributed by atoms with Gasteiger partial charge in [-0.1, -0.05) is 23.8 Å². The van der Waals surface area contributed by atoms with Crippen LogP contribution in [0.5, 0.6) is 5.75 Å². The third-order valence-corrected chi connectivity index (χ3v) is 7.76. The van der Waals surface area contributed by atoms with Crippen molar-refractivity contribution in [2.45, 2.75) is 39.0 Å². The summed E-state index contributed by atoms with van der Waals surface area (Å²) >= 11 is 0. The fourth-order valence-electron chi connectivity index (χ4n) is 6.11. The number of carbonyl (C=O) groups is 5. The average Bonchev–Trinajstić information content (AvgIpc) is 3.06. The average molecular weight is 475 g/mol. The van der Waals surface area contributed by atoms with Crippen LogP contribution in [0.25, 0.3) is 0 Å². The van der Waals surface area contributed by atoms with E-state index < -0.39 is 35.5 Å². The summed E-state index contributed by atoms with van der Waals surface area (Å²) in [5, 5.41) is 19.1. The maximum Gasteiger partial charge on any atom is 0.305 e. The number of aromatic hydroxyl groups is 1. The number of likely N-dealkylation sites (tertiary alicyclic amines) is 1. The quantitative estimate of drug-likeness (QED) is 0.389. The van der Waals surface area contributed by atoms with Gasteiger partial charge >= 0.3 is 5.97 Å². The SMILES string of the molecule is CC1=CC(=O)C2=C(C[C@@H]3C(=CC[C@@H]4C(=O)N(CCC(=O)O)C(=O)[C@@H]43)[C@@H]2c2ccc(O)c(C)c2)C1=O. The van der Waals surface area contributed by atoms with Gasteiger partial charge in [-0.25, -0.2) is 0 Å². The van der Waals surface area contributed by atoms with Crippen molar-refractivity contribution < 1.29 is 34.2 Å². The van der Waals surface area contributed by atoms with Crippen molar-refractivity contribution in [2.75, 3.05) is 6.54 Å². The number of Topliss-reactive ketones (excluding diaryl/α,β-unsaturated/α-hetero) is 1. The third-order valence-electron chi connectivity index (χ3n) is 7.76. The summed E-state index contributed by atoms with van der Waals surface area (Å²) in [6, 6.07) is 5.05. The fourth-order valence-corrected chi connectivity index (χ4v) is 6.11. The Bertz CT molecular complexity index is 1310. The number of fused-ring (bicyclic) bond motifs is 3. The summed E-state index contributed by atoms with van der Waals surface area (Å²) in [5.41, 5.74) is 3.28. The second-order valence-electron chi connectivity index (χ2n) is 9.75. The van der Waals surface area contributed by atoms with Gasteiger partial charge in [0.05, 0.1) is 18.3 Å². The lowest BCUT2D eigenvalue weighted by Gasteiger charge is -2.42. The van der Waals surface area contributed by atoms with Crippen LogP contribution in [0.15, 0.2) is 52.6 Å². The lowest BCUT2D eigenvalue weighted by atomic mass is 9.59. The number of allylic oxidation sites excluding steroid dienone is 6. The van der Waals surface area contributed by atoms with Gasteiger partial charge in [0, 0.05) is 29.2 Å². The highest BCUT2D eigenvalue weighted by atomic mass is 16.4. The van der Waals surface area contributed by atoms with Crippen LogP contribution in [0.4, 0.5) is 0 Å². The molecule has 0 radical (unpaired) electrons. The van der Waals surface area contributed by atoms with E-state index in [-0.39, 0.29) is 42.6 Å². The number of hydrogen-bond donors (Lipinski definition) is 2. The summed E-state index contributed by atoms with van der Waals surface area (Å²) in [6.45, 7) is 3.16. The van der Waals surface area contributed by atoms with E-state index in [2.05, 4.69) is 0 Å². The number of hydrogen-bond acceptors (Lipinski definition) is 6. The van der Waals surface area contributed by atoms with Crippen molar-refractivity contribution >= 4 is 29.4 Å². The Kier molecular flexibility index (Phi) is 5.34. The molecule has 1 saturated heterocycles. The molecular weight excluding hydrogens is 450 g/mol. The molecule has 0 saturated carbocycles. The van der Waals surface area contributed by atoms with Crippen molar-refractivity contribution in [3.8, 4) is 5.75 Å².